The number of carbonyl (C=O) groups excluding carboxylic acids is 2. The van der Waals surface area contributed by atoms with Gasteiger partial charge in [-0.3, -0.25) is 13.9 Å². The van der Waals surface area contributed by atoms with Crippen molar-refractivity contribution in [3.05, 3.63) is 89.0 Å². The molecule has 0 bridgehead atoms. The normalized spacial score (nSPS) is 12.1. The van der Waals surface area contributed by atoms with Crippen LogP contribution in [0.2, 0.25) is 0 Å². The third-order valence-electron chi connectivity index (χ3n) is 7.10. The van der Waals surface area contributed by atoms with Gasteiger partial charge in [-0.1, -0.05) is 55.8 Å². The second kappa shape index (κ2) is 13.7. The molecule has 220 valence electrons. The van der Waals surface area contributed by atoms with Crippen molar-refractivity contribution >= 4 is 27.5 Å². The minimum absolute atomic E-state index is 0.0845. The Morgan fingerprint density at radius 1 is 0.902 bits per heavy atom. The molecule has 9 heteroatoms. The number of hydrogen-bond acceptors (Lipinski definition) is 5. The number of sulfonamides is 1. The van der Waals surface area contributed by atoms with Crippen LogP contribution in [0, 0.1) is 26.7 Å². The molecule has 0 saturated heterocycles. The van der Waals surface area contributed by atoms with E-state index in [1.165, 1.54) is 4.90 Å². The zero-order valence-electron chi connectivity index (χ0n) is 25.0. The number of anilines is 1. The number of nitrogens with one attached hydrogen (secondary N) is 1. The van der Waals surface area contributed by atoms with E-state index in [4.69, 9.17) is 4.74 Å². The molecule has 0 aliphatic carbocycles. The Labute approximate surface area is 244 Å². The molecule has 2 amide bonds. The summed E-state index contributed by atoms with van der Waals surface area (Å²) in [4.78, 5) is 28.7. The standard InChI is InChI=1S/C32H41N3O5S/c1-22(2)19-33-32(37)26(6)34(20-27-13-15-28(40-7)16-14-27)31(36)21-35(30-10-8-9-24(4)25(30)5)41(38,39)29-17-11-23(3)12-18-29/h8-18,22,26H,19-21H2,1-7H3,(H,33,37)/t26-/m1/s1. The van der Waals surface area contributed by atoms with Crippen molar-refractivity contribution in [3.63, 3.8) is 0 Å². The Morgan fingerprint density at radius 3 is 2.12 bits per heavy atom. The van der Waals surface area contributed by atoms with Crippen LogP contribution in [-0.2, 0) is 26.2 Å². The van der Waals surface area contributed by atoms with Gasteiger partial charge in [0, 0.05) is 13.1 Å². The maximum atomic E-state index is 14.1. The molecule has 41 heavy (non-hydrogen) atoms. The molecule has 0 unspecified atom stereocenters. The van der Waals surface area contributed by atoms with E-state index in [0.717, 1.165) is 26.6 Å². The topological polar surface area (TPSA) is 96.0 Å². The smallest absolute Gasteiger partial charge is 0.264 e. The molecule has 8 nitrogen and oxygen atoms in total. The van der Waals surface area contributed by atoms with Crippen molar-refractivity contribution in [3.8, 4) is 5.75 Å². The van der Waals surface area contributed by atoms with Gasteiger partial charge in [0.05, 0.1) is 17.7 Å². The highest BCUT2D eigenvalue weighted by Gasteiger charge is 2.33. The van der Waals surface area contributed by atoms with Gasteiger partial charge in [-0.15, -0.1) is 0 Å². The van der Waals surface area contributed by atoms with Gasteiger partial charge in [0.15, 0.2) is 0 Å². The number of hydrogen-bond donors (Lipinski definition) is 1. The van der Waals surface area contributed by atoms with Crippen LogP contribution in [0.1, 0.15) is 43.0 Å². The largest absolute Gasteiger partial charge is 0.497 e. The zero-order chi connectivity index (χ0) is 30.3. The Morgan fingerprint density at radius 2 is 1.54 bits per heavy atom. The Kier molecular flexibility index (Phi) is 10.6. The highest BCUT2D eigenvalue weighted by atomic mass is 32.2. The summed E-state index contributed by atoms with van der Waals surface area (Å²) in [5.74, 6) is 0.0980. The van der Waals surface area contributed by atoms with Crippen LogP contribution in [-0.4, -0.2) is 51.4 Å². The number of rotatable bonds is 12. The van der Waals surface area contributed by atoms with Crippen molar-refractivity contribution in [1.29, 1.82) is 0 Å². The Hall–Kier alpha value is -3.85. The van der Waals surface area contributed by atoms with E-state index in [1.807, 2.05) is 52.8 Å². The number of ether oxygens (including phenoxy) is 1. The van der Waals surface area contributed by atoms with Crippen molar-refractivity contribution in [2.45, 2.75) is 59.0 Å². The van der Waals surface area contributed by atoms with Crippen molar-refractivity contribution in [2.75, 3.05) is 24.5 Å². The van der Waals surface area contributed by atoms with Crippen molar-refractivity contribution in [2.24, 2.45) is 5.92 Å². The van der Waals surface area contributed by atoms with Gasteiger partial charge >= 0.3 is 0 Å². The summed E-state index contributed by atoms with van der Waals surface area (Å²) in [5, 5.41) is 2.90. The van der Waals surface area contributed by atoms with Crippen LogP contribution < -0.4 is 14.4 Å². The number of aryl methyl sites for hydroxylation is 2. The first-order valence-corrected chi connectivity index (χ1v) is 15.1. The molecule has 3 rings (SSSR count). The van der Waals surface area contributed by atoms with E-state index >= 15 is 0 Å². The SMILES string of the molecule is COc1ccc(CN(C(=O)CN(c2cccc(C)c2C)S(=O)(=O)c2ccc(C)cc2)[C@H](C)C(=O)NCC(C)C)cc1. The molecular formula is C32H41N3O5S. The lowest BCUT2D eigenvalue weighted by molar-refractivity contribution is -0.139. The van der Waals surface area contributed by atoms with Gasteiger partial charge in [0.25, 0.3) is 10.0 Å². The van der Waals surface area contributed by atoms with Gasteiger partial charge in [0.2, 0.25) is 11.8 Å². The minimum atomic E-state index is -4.12. The number of benzene rings is 3. The maximum absolute atomic E-state index is 14.1. The van der Waals surface area contributed by atoms with E-state index in [0.29, 0.717) is 18.0 Å². The maximum Gasteiger partial charge on any atom is 0.264 e. The molecule has 1 atom stereocenters. The van der Waals surface area contributed by atoms with Crippen LogP contribution in [0.15, 0.2) is 71.6 Å². The first kappa shape index (κ1) is 31.7. The molecule has 0 radical (unpaired) electrons. The highest BCUT2D eigenvalue weighted by Crippen LogP contribution is 2.29. The number of methoxy groups -OCH3 is 1. The third-order valence-corrected chi connectivity index (χ3v) is 8.87. The lowest BCUT2D eigenvalue weighted by Crippen LogP contribution is -2.51. The summed E-state index contributed by atoms with van der Waals surface area (Å²) < 4.78 is 34.5. The lowest BCUT2D eigenvalue weighted by Gasteiger charge is -2.32. The summed E-state index contributed by atoms with van der Waals surface area (Å²) >= 11 is 0. The van der Waals surface area contributed by atoms with Gasteiger partial charge in [-0.2, -0.15) is 0 Å². The lowest BCUT2D eigenvalue weighted by atomic mass is 10.1. The Bertz CT molecular complexity index is 1450. The van der Waals surface area contributed by atoms with Crippen LogP contribution >= 0.6 is 0 Å². The third kappa shape index (κ3) is 7.88. The van der Waals surface area contributed by atoms with Crippen LogP contribution in [0.3, 0.4) is 0 Å². The summed E-state index contributed by atoms with van der Waals surface area (Å²) in [6, 6.07) is 18.3. The highest BCUT2D eigenvalue weighted by molar-refractivity contribution is 7.92. The molecular weight excluding hydrogens is 538 g/mol. The van der Waals surface area contributed by atoms with E-state index in [2.05, 4.69) is 5.32 Å². The second-order valence-electron chi connectivity index (χ2n) is 10.7. The molecule has 0 aliphatic heterocycles. The summed E-state index contributed by atoms with van der Waals surface area (Å²) in [5.41, 5.74) is 3.77. The average Bonchev–Trinajstić information content (AvgIpc) is 2.95. The Balaban J connectivity index is 2.05. The van der Waals surface area contributed by atoms with Crippen LogP contribution in [0.5, 0.6) is 5.75 Å². The van der Waals surface area contributed by atoms with Crippen molar-refractivity contribution < 1.29 is 22.7 Å². The minimum Gasteiger partial charge on any atom is -0.497 e. The molecule has 3 aromatic rings. The monoisotopic (exact) mass is 579 g/mol. The first-order valence-electron chi connectivity index (χ1n) is 13.7. The predicted molar refractivity (Wildman–Crippen MR) is 162 cm³/mol. The van der Waals surface area contributed by atoms with E-state index in [-0.39, 0.29) is 23.3 Å². The molecule has 0 fully saturated rings. The van der Waals surface area contributed by atoms with Crippen LogP contribution in [0.4, 0.5) is 5.69 Å². The molecule has 0 aliphatic rings. The molecule has 1 N–H and O–H groups in total. The second-order valence-corrected chi connectivity index (χ2v) is 12.6. The van der Waals surface area contributed by atoms with E-state index < -0.39 is 28.5 Å². The van der Waals surface area contributed by atoms with E-state index in [1.54, 1.807) is 62.6 Å². The van der Waals surface area contributed by atoms with Crippen LogP contribution in [0.25, 0.3) is 0 Å². The summed E-state index contributed by atoms with van der Waals surface area (Å²) in [6.45, 7) is 11.4. The zero-order valence-corrected chi connectivity index (χ0v) is 25.8. The number of amides is 2. The van der Waals surface area contributed by atoms with Gasteiger partial charge < -0.3 is 15.0 Å². The van der Waals surface area contributed by atoms with Gasteiger partial charge in [0.1, 0.15) is 18.3 Å². The molecule has 0 aromatic heterocycles. The average molecular weight is 580 g/mol. The molecule has 3 aromatic carbocycles. The molecule has 0 heterocycles. The number of nitrogens with zero attached hydrogens (tertiary/aromatic N) is 2. The van der Waals surface area contributed by atoms with E-state index in [9.17, 15) is 18.0 Å². The van der Waals surface area contributed by atoms with Gasteiger partial charge in [-0.25, -0.2) is 8.42 Å². The summed E-state index contributed by atoms with van der Waals surface area (Å²) in [6.07, 6.45) is 0. The predicted octanol–water partition coefficient (Wildman–Crippen LogP) is 5.01. The molecule has 0 saturated carbocycles. The fourth-order valence-corrected chi connectivity index (χ4v) is 5.79. The van der Waals surface area contributed by atoms with Crippen molar-refractivity contribution in [1.82, 2.24) is 10.2 Å². The molecule has 0 spiro atoms. The fraction of sp³-hybridized carbons (Fsp3) is 0.375. The first-order chi connectivity index (χ1) is 19.3. The summed E-state index contributed by atoms with van der Waals surface area (Å²) in [7, 11) is -2.55. The fourth-order valence-electron chi connectivity index (χ4n) is 4.32. The van der Waals surface area contributed by atoms with Gasteiger partial charge in [-0.05, 0) is 80.6 Å². The quantitative estimate of drug-likeness (QED) is 0.326. The number of carbonyl (C=O) groups is 2.